The van der Waals surface area contributed by atoms with Crippen LogP contribution >= 0.6 is 11.6 Å². The van der Waals surface area contributed by atoms with E-state index in [1.165, 1.54) is 6.20 Å². The molecule has 18 heavy (non-hydrogen) atoms. The van der Waals surface area contributed by atoms with E-state index in [2.05, 4.69) is 15.6 Å². The van der Waals surface area contributed by atoms with Gasteiger partial charge in [0.1, 0.15) is 0 Å². The Hall–Kier alpha value is -1.62. The van der Waals surface area contributed by atoms with E-state index in [1.807, 2.05) is 0 Å². The fourth-order valence-electron chi connectivity index (χ4n) is 1.29. The first-order chi connectivity index (χ1) is 8.74. The van der Waals surface area contributed by atoms with Crippen molar-refractivity contribution in [2.45, 2.75) is 12.8 Å². The normalized spacial score (nSPS) is 9.83. The van der Waals surface area contributed by atoms with E-state index in [0.717, 1.165) is 0 Å². The number of rotatable bonds is 7. The Balaban J connectivity index is 2.15. The highest BCUT2D eigenvalue weighted by molar-refractivity contribution is 6.17. The smallest absolute Gasteiger partial charge is 0.252 e. The average molecular weight is 270 g/mol. The summed E-state index contributed by atoms with van der Waals surface area (Å²) in [4.78, 5) is 26.7. The molecule has 1 rings (SSSR count). The summed E-state index contributed by atoms with van der Waals surface area (Å²) >= 11 is 5.47. The van der Waals surface area contributed by atoms with Crippen LogP contribution in [0.4, 0.5) is 0 Å². The third-order valence-electron chi connectivity index (χ3n) is 2.19. The van der Waals surface area contributed by atoms with Crippen molar-refractivity contribution in [1.29, 1.82) is 0 Å². The van der Waals surface area contributed by atoms with Crippen molar-refractivity contribution >= 4 is 23.4 Å². The van der Waals surface area contributed by atoms with Crippen LogP contribution < -0.4 is 10.6 Å². The lowest BCUT2D eigenvalue weighted by atomic mass is 10.3. The zero-order chi connectivity index (χ0) is 13.2. The Morgan fingerprint density at radius 3 is 2.72 bits per heavy atom. The molecule has 2 amide bonds. The zero-order valence-electron chi connectivity index (χ0n) is 9.99. The molecule has 0 saturated carbocycles. The summed E-state index contributed by atoms with van der Waals surface area (Å²) in [7, 11) is 0. The van der Waals surface area contributed by atoms with Crippen molar-refractivity contribution in [2.75, 3.05) is 19.0 Å². The SMILES string of the molecule is O=C(CCCCl)NCCNC(=O)c1cccnc1. The molecule has 5 nitrogen and oxygen atoms in total. The number of amides is 2. The van der Waals surface area contributed by atoms with Crippen LogP contribution in [0.2, 0.25) is 0 Å². The summed E-state index contributed by atoms with van der Waals surface area (Å²) < 4.78 is 0. The van der Waals surface area contributed by atoms with Crippen molar-refractivity contribution < 1.29 is 9.59 Å². The first-order valence-electron chi connectivity index (χ1n) is 5.75. The molecule has 0 fully saturated rings. The highest BCUT2D eigenvalue weighted by Gasteiger charge is 2.04. The molecule has 0 bridgehead atoms. The van der Waals surface area contributed by atoms with Gasteiger partial charge in [-0.25, -0.2) is 0 Å². The molecule has 0 aliphatic carbocycles. The van der Waals surface area contributed by atoms with E-state index < -0.39 is 0 Å². The van der Waals surface area contributed by atoms with Crippen molar-refractivity contribution in [3.05, 3.63) is 30.1 Å². The van der Waals surface area contributed by atoms with Gasteiger partial charge in [-0.15, -0.1) is 11.6 Å². The molecular weight excluding hydrogens is 254 g/mol. The molecule has 1 heterocycles. The van der Waals surface area contributed by atoms with E-state index in [1.54, 1.807) is 18.3 Å². The van der Waals surface area contributed by atoms with Crippen molar-refractivity contribution in [1.82, 2.24) is 15.6 Å². The number of nitrogens with one attached hydrogen (secondary N) is 2. The molecule has 1 aromatic heterocycles. The van der Waals surface area contributed by atoms with E-state index in [4.69, 9.17) is 11.6 Å². The van der Waals surface area contributed by atoms with Crippen LogP contribution in [0.5, 0.6) is 0 Å². The maximum atomic E-state index is 11.6. The van der Waals surface area contributed by atoms with Crippen LogP contribution in [0.25, 0.3) is 0 Å². The van der Waals surface area contributed by atoms with Gasteiger partial charge in [0.2, 0.25) is 5.91 Å². The van der Waals surface area contributed by atoms with Gasteiger partial charge in [0.25, 0.3) is 5.91 Å². The van der Waals surface area contributed by atoms with E-state index in [-0.39, 0.29) is 11.8 Å². The molecule has 1 aromatic rings. The van der Waals surface area contributed by atoms with Gasteiger partial charge >= 0.3 is 0 Å². The molecule has 0 aliphatic heterocycles. The minimum absolute atomic E-state index is 0.0497. The first kappa shape index (κ1) is 14.4. The lowest BCUT2D eigenvalue weighted by Gasteiger charge is -2.06. The highest BCUT2D eigenvalue weighted by atomic mass is 35.5. The number of halogens is 1. The fraction of sp³-hybridized carbons (Fsp3) is 0.417. The number of carbonyl (C=O) groups is 2. The van der Waals surface area contributed by atoms with Gasteiger partial charge in [0.05, 0.1) is 5.56 Å². The van der Waals surface area contributed by atoms with Gasteiger partial charge < -0.3 is 10.6 Å². The predicted molar refractivity (Wildman–Crippen MR) is 69.5 cm³/mol. The fourth-order valence-corrected chi connectivity index (χ4v) is 1.43. The summed E-state index contributed by atoms with van der Waals surface area (Å²) in [5, 5.41) is 5.39. The molecule has 0 aromatic carbocycles. The largest absolute Gasteiger partial charge is 0.354 e. The summed E-state index contributed by atoms with van der Waals surface area (Å²) in [6.45, 7) is 0.799. The van der Waals surface area contributed by atoms with Crippen LogP contribution in [0.15, 0.2) is 24.5 Å². The highest BCUT2D eigenvalue weighted by Crippen LogP contribution is 1.94. The van der Waals surface area contributed by atoms with E-state index in [9.17, 15) is 9.59 Å². The molecule has 2 N–H and O–H groups in total. The summed E-state index contributed by atoms with van der Waals surface area (Å²) in [5.41, 5.74) is 0.506. The van der Waals surface area contributed by atoms with Crippen LogP contribution in [0.1, 0.15) is 23.2 Å². The number of pyridine rings is 1. The number of hydrogen-bond donors (Lipinski definition) is 2. The minimum atomic E-state index is -0.196. The third-order valence-corrected chi connectivity index (χ3v) is 2.46. The van der Waals surface area contributed by atoms with Crippen LogP contribution in [-0.4, -0.2) is 35.8 Å². The first-order valence-corrected chi connectivity index (χ1v) is 6.28. The Morgan fingerprint density at radius 1 is 1.28 bits per heavy atom. The number of nitrogens with zero attached hydrogens (tertiary/aromatic N) is 1. The van der Waals surface area contributed by atoms with Crippen LogP contribution in [-0.2, 0) is 4.79 Å². The predicted octanol–water partition coefficient (Wildman–Crippen LogP) is 0.947. The second-order valence-electron chi connectivity index (χ2n) is 3.64. The second kappa shape index (κ2) is 8.47. The van der Waals surface area contributed by atoms with Crippen LogP contribution in [0.3, 0.4) is 0 Å². The van der Waals surface area contributed by atoms with E-state index >= 15 is 0 Å². The molecule has 0 radical (unpaired) electrons. The summed E-state index contributed by atoms with van der Waals surface area (Å²) in [6, 6.07) is 3.38. The standard InChI is InChI=1S/C12H16ClN3O2/c13-5-1-4-11(17)15-7-8-16-12(18)10-3-2-6-14-9-10/h2-3,6,9H,1,4-5,7-8H2,(H,15,17)(H,16,18). The number of hydrogen-bond acceptors (Lipinski definition) is 3. The quantitative estimate of drug-likeness (QED) is 0.572. The van der Waals surface area contributed by atoms with Crippen molar-refractivity contribution in [2.24, 2.45) is 0 Å². The topological polar surface area (TPSA) is 71.1 Å². The van der Waals surface area contributed by atoms with E-state index in [0.29, 0.717) is 37.4 Å². The molecule has 0 spiro atoms. The Labute approximate surface area is 111 Å². The lowest BCUT2D eigenvalue weighted by Crippen LogP contribution is -2.34. The number of carbonyl (C=O) groups excluding carboxylic acids is 2. The maximum Gasteiger partial charge on any atom is 0.252 e. The average Bonchev–Trinajstić information content (AvgIpc) is 2.42. The van der Waals surface area contributed by atoms with Crippen molar-refractivity contribution in [3.8, 4) is 0 Å². The van der Waals surface area contributed by atoms with Crippen LogP contribution in [0, 0.1) is 0 Å². The second-order valence-corrected chi connectivity index (χ2v) is 4.02. The molecule has 0 saturated heterocycles. The Bertz CT molecular complexity index is 384. The molecule has 0 unspecified atom stereocenters. The van der Waals surface area contributed by atoms with Crippen molar-refractivity contribution in [3.63, 3.8) is 0 Å². The maximum absolute atomic E-state index is 11.6. The van der Waals surface area contributed by atoms with Gasteiger partial charge in [-0.3, -0.25) is 14.6 Å². The zero-order valence-corrected chi connectivity index (χ0v) is 10.7. The summed E-state index contributed by atoms with van der Waals surface area (Å²) in [6.07, 6.45) is 4.18. The monoisotopic (exact) mass is 269 g/mol. The molecule has 6 heteroatoms. The molecule has 0 atom stereocenters. The minimum Gasteiger partial charge on any atom is -0.354 e. The Kier molecular flexibility index (Phi) is 6.79. The van der Waals surface area contributed by atoms with Gasteiger partial charge in [-0.05, 0) is 18.6 Å². The molecule has 98 valence electrons. The van der Waals surface area contributed by atoms with Gasteiger partial charge in [0, 0.05) is 37.8 Å². The third kappa shape index (κ3) is 5.63. The summed E-state index contributed by atoms with van der Waals surface area (Å²) in [5.74, 6) is 0.231. The lowest BCUT2D eigenvalue weighted by molar-refractivity contribution is -0.121. The van der Waals surface area contributed by atoms with Gasteiger partial charge in [-0.1, -0.05) is 0 Å². The molecule has 0 aliphatic rings. The number of alkyl halides is 1. The van der Waals surface area contributed by atoms with Gasteiger partial charge in [0.15, 0.2) is 0 Å². The number of aromatic nitrogens is 1. The molecular formula is C12H16ClN3O2. The Morgan fingerprint density at radius 2 is 2.06 bits per heavy atom. The van der Waals surface area contributed by atoms with Gasteiger partial charge in [-0.2, -0.15) is 0 Å².